The van der Waals surface area contributed by atoms with Gasteiger partial charge in [-0.3, -0.25) is 4.57 Å². The summed E-state index contributed by atoms with van der Waals surface area (Å²) >= 11 is 0. The molecule has 0 amide bonds. The number of rotatable bonds is 3. The largest absolute Gasteiger partial charge is 0.346 e. The molecule has 5 nitrogen and oxygen atoms in total. The van der Waals surface area contributed by atoms with Gasteiger partial charge >= 0.3 is 5.69 Å². The molecule has 0 aliphatic carbocycles. The topological polar surface area (TPSA) is 51.9 Å². The van der Waals surface area contributed by atoms with Gasteiger partial charge in [-0.1, -0.05) is 0 Å². The first-order chi connectivity index (χ1) is 7.18. The lowest BCUT2D eigenvalue weighted by Gasteiger charge is -2.06. The van der Waals surface area contributed by atoms with E-state index in [0.717, 1.165) is 17.6 Å². The molecule has 1 N–H and O–H groups in total. The SMILES string of the molecule is O=c1n([C@@H]2CCNC2)cnn1CC(F)F. The molecule has 1 saturated heterocycles. The minimum Gasteiger partial charge on any atom is -0.315 e. The Morgan fingerprint density at radius 2 is 2.47 bits per heavy atom. The summed E-state index contributed by atoms with van der Waals surface area (Å²) in [6.45, 7) is 0.906. The highest BCUT2D eigenvalue weighted by molar-refractivity contribution is 4.82. The van der Waals surface area contributed by atoms with E-state index in [9.17, 15) is 13.6 Å². The smallest absolute Gasteiger partial charge is 0.315 e. The first-order valence-corrected chi connectivity index (χ1v) is 4.81. The van der Waals surface area contributed by atoms with Gasteiger partial charge in [0.25, 0.3) is 6.43 Å². The summed E-state index contributed by atoms with van der Waals surface area (Å²) in [5.41, 5.74) is -0.455. The second kappa shape index (κ2) is 4.09. The Labute approximate surface area is 84.7 Å². The molecule has 0 unspecified atom stereocenters. The van der Waals surface area contributed by atoms with E-state index in [0.29, 0.717) is 6.54 Å². The molecule has 1 aromatic heterocycles. The van der Waals surface area contributed by atoms with E-state index >= 15 is 0 Å². The average Bonchev–Trinajstić information content (AvgIpc) is 2.76. The predicted octanol–water partition coefficient (Wildman–Crippen LogP) is -0.156. The summed E-state index contributed by atoms with van der Waals surface area (Å²) in [5.74, 6) is 0. The van der Waals surface area contributed by atoms with E-state index in [-0.39, 0.29) is 6.04 Å². The van der Waals surface area contributed by atoms with E-state index in [1.54, 1.807) is 0 Å². The van der Waals surface area contributed by atoms with Gasteiger partial charge in [-0.15, -0.1) is 0 Å². The van der Waals surface area contributed by atoms with Crippen molar-refractivity contribution in [3.63, 3.8) is 0 Å². The van der Waals surface area contributed by atoms with Crippen molar-refractivity contribution in [1.29, 1.82) is 0 Å². The maximum absolute atomic E-state index is 12.1. The van der Waals surface area contributed by atoms with Crippen molar-refractivity contribution in [2.24, 2.45) is 0 Å². The Kier molecular flexibility index (Phi) is 2.81. The van der Waals surface area contributed by atoms with Gasteiger partial charge in [-0.05, 0) is 13.0 Å². The van der Waals surface area contributed by atoms with Gasteiger partial charge in [0.2, 0.25) is 0 Å². The third-order valence-corrected chi connectivity index (χ3v) is 2.50. The molecule has 15 heavy (non-hydrogen) atoms. The molecule has 0 spiro atoms. The molecule has 0 bridgehead atoms. The van der Waals surface area contributed by atoms with Gasteiger partial charge in [0.15, 0.2) is 0 Å². The Hall–Kier alpha value is -1.24. The number of aromatic nitrogens is 3. The van der Waals surface area contributed by atoms with Crippen molar-refractivity contribution in [1.82, 2.24) is 19.7 Å². The van der Waals surface area contributed by atoms with Crippen LogP contribution in [0.25, 0.3) is 0 Å². The maximum Gasteiger partial charge on any atom is 0.346 e. The number of alkyl halides is 2. The van der Waals surface area contributed by atoms with Crippen molar-refractivity contribution in [2.75, 3.05) is 13.1 Å². The third-order valence-electron chi connectivity index (χ3n) is 2.50. The van der Waals surface area contributed by atoms with Gasteiger partial charge in [-0.25, -0.2) is 18.3 Å². The Bertz CT molecular complexity index is 380. The molecule has 1 aromatic rings. The van der Waals surface area contributed by atoms with Crippen LogP contribution < -0.4 is 11.0 Å². The molecule has 1 fully saturated rings. The van der Waals surface area contributed by atoms with E-state index in [1.807, 2.05) is 0 Å². The van der Waals surface area contributed by atoms with Crippen LogP contribution in [-0.4, -0.2) is 33.9 Å². The second-order valence-electron chi connectivity index (χ2n) is 3.54. The molecular formula is C8H12F2N4O. The van der Waals surface area contributed by atoms with Crippen LogP contribution in [-0.2, 0) is 6.54 Å². The number of halogens is 2. The first-order valence-electron chi connectivity index (χ1n) is 4.81. The molecule has 84 valence electrons. The summed E-state index contributed by atoms with van der Waals surface area (Å²) in [5, 5.41) is 6.76. The van der Waals surface area contributed by atoms with Crippen LogP contribution >= 0.6 is 0 Å². The molecule has 2 rings (SSSR count). The zero-order chi connectivity index (χ0) is 10.8. The molecular weight excluding hydrogens is 206 g/mol. The van der Waals surface area contributed by atoms with Crippen LogP contribution in [0.15, 0.2) is 11.1 Å². The fourth-order valence-corrected chi connectivity index (χ4v) is 1.73. The van der Waals surface area contributed by atoms with Gasteiger partial charge < -0.3 is 5.32 Å². The predicted molar refractivity (Wildman–Crippen MR) is 49.0 cm³/mol. The molecule has 7 heteroatoms. The van der Waals surface area contributed by atoms with Gasteiger partial charge in [-0.2, -0.15) is 5.10 Å². The quantitative estimate of drug-likeness (QED) is 0.767. The van der Waals surface area contributed by atoms with Gasteiger partial charge in [0.1, 0.15) is 12.9 Å². The van der Waals surface area contributed by atoms with Crippen LogP contribution in [0.4, 0.5) is 8.78 Å². The number of hydrogen-bond donors (Lipinski definition) is 1. The van der Waals surface area contributed by atoms with Crippen molar-refractivity contribution < 1.29 is 8.78 Å². The van der Waals surface area contributed by atoms with E-state index in [2.05, 4.69) is 10.4 Å². The molecule has 1 aliphatic heterocycles. The summed E-state index contributed by atoms with van der Waals surface area (Å²) in [4.78, 5) is 11.6. The fourth-order valence-electron chi connectivity index (χ4n) is 1.73. The Balaban J connectivity index is 2.19. The molecule has 0 aromatic carbocycles. The third kappa shape index (κ3) is 2.06. The van der Waals surface area contributed by atoms with Crippen LogP contribution in [0.1, 0.15) is 12.5 Å². The van der Waals surface area contributed by atoms with Crippen molar-refractivity contribution >= 4 is 0 Å². The van der Waals surface area contributed by atoms with Crippen LogP contribution in [0.2, 0.25) is 0 Å². The number of hydrogen-bond acceptors (Lipinski definition) is 3. The minimum absolute atomic E-state index is 0.0453. The maximum atomic E-state index is 12.1. The minimum atomic E-state index is -2.55. The molecule has 1 atom stereocenters. The summed E-state index contributed by atoms with van der Waals surface area (Å²) in [6, 6.07) is 0.0453. The highest BCUT2D eigenvalue weighted by Crippen LogP contribution is 2.11. The van der Waals surface area contributed by atoms with Crippen LogP contribution in [0, 0.1) is 0 Å². The average molecular weight is 218 g/mol. The normalized spacial score (nSPS) is 21.4. The first kappa shape index (κ1) is 10.3. The lowest BCUT2D eigenvalue weighted by atomic mass is 10.3. The summed E-state index contributed by atoms with van der Waals surface area (Å²) < 4.78 is 26.4. The van der Waals surface area contributed by atoms with E-state index < -0.39 is 18.7 Å². The fraction of sp³-hybridized carbons (Fsp3) is 0.750. The van der Waals surface area contributed by atoms with Gasteiger partial charge in [0, 0.05) is 6.54 Å². The highest BCUT2D eigenvalue weighted by Gasteiger charge is 2.20. The summed E-state index contributed by atoms with van der Waals surface area (Å²) in [6.07, 6.45) is -0.379. The number of nitrogens with zero attached hydrogens (tertiary/aromatic N) is 3. The molecule has 1 aliphatic rings. The lowest BCUT2D eigenvalue weighted by molar-refractivity contribution is 0.120. The molecule has 0 saturated carbocycles. The summed E-state index contributed by atoms with van der Waals surface area (Å²) in [7, 11) is 0. The van der Waals surface area contributed by atoms with Crippen molar-refractivity contribution in [2.45, 2.75) is 25.4 Å². The molecule has 2 heterocycles. The standard InChI is InChI=1S/C8H12F2N4O/c9-7(10)4-14-8(15)13(5-12-14)6-1-2-11-3-6/h5-7,11H,1-4H2/t6-/m1/s1. The second-order valence-corrected chi connectivity index (χ2v) is 3.54. The molecule has 0 radical (unpaired) electrons. The Morgan fingerprint density at radius 1 is 1.67 bits per heavy atom. The highest BCUT2D eigenvalue weighted by atomic mass is 19.3. The van der Waals surface area contributed by atoms with Crippen molar-refractivity contribution in [3.8, 4) is 0 Å². The number of nitrogens with one attached hydrogen (secondary N) is 1. The van der Waals surface area contributed by atoms with Crippen LogP contribution in [0.5, 0.6) is 0 Å². The van der Waals surface area contributed by atoms with Crippen molar-refractivity contribution in [3.05, 3.63) is 16.8 Å². The lowest BCUT2D eigenvalue weighted by Crippen LogP contribution is -2.30. The Morgan fingerprint density at radius 3 is 3.07 bits per heavy atom. The zero-order valence-corrected chi connectivity index (χ0v) is 8.07. The van der Waals surface area contributed by atoms with E-state index in [4.69, 9.17) is 0 Å². The van der Waals surface area contributed by atoms with Gasteiger partial charge in [0.05, 0.1) is 6.04 Å². The van der Waals surface area contributed by atoms with E-state index in [1.165, 1.54) is 10.9 Å². The monoisotopic (exact) mass is 218 g/mol. The van der Waals surface area contributed by atoms with Crippen LogP contribution in [0.3, 0.4) is 0 Å². The zero-order valence-electron chi connectivity index (χ0n) is 8.07.